The predicted molar refractivity (Wildman–Crippen MR) is 94.0 cm³/mol. The molecule has 0 fully saturated rings. The van der Waals surface area contributed by atoms with E-state index in [1.54, 1.807) is 0 Å². The monoisotopic (exact) mass is 296 g/mol. The topological polar surface area (TPSA) is 24.4 Å². The van der Waals surface area contributed by atoms with Gasteiger partial charge in [0.15, 0.2) is 5.17 Å². The van der Waals surface area contributed by atoms with Gasteiger partial charge in [0.1, 0.15) is 0 Å². The lowest BCUT2D eigenvalue weighted by atomic mass is 10.1. The van der Waals surface area contributed by atoms with Gasteiger partial charge in [-0.2, -0.15) is 0 Å². The van der Waals surface area contributed by atoms with Crippen LogP contribution in [0.25, 0.3) is 11.1 Å². The van der Waals surface area contributed by atoms with Crippen molar-refractivity contribution in [3.63, 3.8) is 0 Å². The van der Waals surface area contributed by atoms with E-state index in [9.17, 15) is 0 Å². The highest BCUT2D eigenvalue weighted by Gasteiger charge is 2.22. The maximum absolute atomic E-state index is 4.58. The molecule has 1 heterocycles. The van der Waals surface area contributed by atoms with Gasteiger partial charge in [0.2, 0.25) is 0 Å². The van der Waals surface area contributed by atoms with Gasteiger partial charge in [-0.15, -0.1) is 0 Å². The minimum absolute atomic E-state index is 0.607. The normalized spacial score (nSPS) is 17.9. The Labute approximate surface area is 130 Å². The van der Waals surface area contributed by atoms with E-state index < -0.39 is 0 Å². The quantitative estimate of drug-likeness (QED) is 0.871. The molecule has 0 radical (unpaired) electrons. The SMILES string of the molecule is CC(C)C1CN=C(Nc2ccc(-c3ccccc3)cc2)S1. The van der Waals surface area contributed by atoms with Crippen molar-refractivity contribution in [3.8, 4) is 11.1 Å². The Morgan fingerprint density at radius 1 is 1.00 bits per heavy atom. The number of nitrogens with zero attached hydrogens (tertiary/aromatic N) is 1. The summed E-state index contributed by atoms with van der Waals surface area (Å²) in [5, 5.41) is 5.07. The Balaban J connectivity index is 1.66. The van der Waals surface area contributed by atoms with Gasteiger partial charge in [-0.1, -0.05) is 68.1 Å². The molecule has 0 spiro atoms. The summed E-state index contributed by atoms with van der Waals surface area (Å²) in [6, 6.07) is 19.0. The van der Waals surface area contributed by atoms with Crippen molar-refractivity contribution in [2.45, 2.75) is 19.1 Å². The minimum atomic E-state index is 0.607. The highest BCUT2D eigenvalue weighted by Crippen LogP contribution is 2.28. The van der Waals surface area contributed by atoms with Crippen molar-refractivity contribution in [3.05, 3.63) is 54.6 Å². The average Bonchev–Trinajstić information content (AvgIpc) is 2.98. The molecule has 1 aliphatic heterocycles. The highest BCUT2D eigenvalue weighted by molar-refractivity contribution is 8.15. The van der Waals surface area contributed by atoms with E-state index in [0.29, 0.717) is 11.2 Å². The summed E-state index contributed by atoms with van der Waals surface area (Å²) in [4.78, 5) is 4.58. The first-order chi connectivity index (χ1) is 10.2. The van der Waals surface area contributed by atoms with Crippen molar-refractivity contribution in [1.82, 2.24) is 0 Å². The number of aliphatic imine (C=N–C) groups is 1. The second-order valence-corrected chi connectivity index (χ2v) is 6.84. The zero-order valence-electron chi connectivity index (χ0n) is 12.4. The highest BCUT2D eigenvalue weighted by atomic mass is 32.2. The van der Waals surface area contributed by atoms with Gasteiger partial charge in [-0.25, -0.2) is 0 Å². The number of rotatable bonds is 3. The van der Waals surface area contributed by atoms with Gasteiger partial charge in [0.25, 0.3) is 0 Å². The molecule has 1 unspecified atom stereocenters. The van der Waals surface area contributed by atoms with Crippen molar-refractivity contribution >= 4 is 22.6 Å². The van der Waals surface area contributed by atoms with Gasteiger partial charge in [0, 0.05) is 10.9 Å². The molecule has 0 aliphatic carbocycles. The zero-order chi connectivity index (χ0) is 14.7. The van der Waals surface area contributed by atoms with Crippen LogP contribution in [0.3, 0.4) is 0 Å². The van der Waals surface area contributed by atoms with Crippen LogP contribution >= 0.6 is 11.8 Å². The largest absolute Gasteiger partial charge is 0.335 e. The Bertz CT molecular complexity index is 617. The van der Waals surface area contributed by atoms with Gasteiger partial charge in [-0.3, -0.25) is 4.99 Å². The molecule has 2 aromatic rings. The Morgan fingerprint density at radius 2 is 1.67 bits per heavy atom. The summed E-state index contributed by atoms with van der Waals surface area (Å²) in [5.74, 6) is 0.665. The smallest absolute Gasteiger partial charge is 0.161 e. The third-order valence-electron chi connectivity index (χ3n) is 3.66. The average molecular weight is 296 g/mol. The number of benzene rings is 2. The van der Waals surface area contributed by atoms with E-state index in [4.69, 9.17) is 0 Å². The maximum atomic E-state index is 4.58. The Morgan fingerprint density at radius 3 is 2.29 bits per heavy atom. The molecule has 0 bridgehead atoms. The zero-order valence-corrected chi connectivity index (χ0v) is 13.2. The lowest BCUT2D eigenvalue weighted by Gasteiger charge is -2.12. The molecule has 1 aliphatic rings. The molecule has 0 aromatic heterocycles. The van der Waals surface area contributed by atoms with Crippen LogP contribution in [0, 0.1) is 5.92 Å². The molecule has 1 atom stereocenters. The standard InChI is InChI=1S/C18H20N2S/c1-13(2)17-12-19-18(21-17)20-16-10-8-15(9-11-16)14-6-4-3-5-7-14/h3-11,13,17H,12H2,1-2H3,(H,19,20). The molecule has 0 saturated heterocycles. The first kappa shape index (κ1) is 14.2. The second-order valence-electron chi connectivity index (χ2n) is 5.61. The molecule has 2 nitrogen and oxygen atoms in total. The van der Waals surface area contributed by atoms with E-state index in [1.807, 2.05) is 17.8 Å². The molecular formula is C18H20N2S. The molecule has 21 heavy (non-hydrogen) atoms. The lowest BCUT2D eigenvalue weighted by Crippen LogP contribution is -2.13. The molecule has 108 valence electrons. The summed E-state index contributed by atoms with van der Waals surface area (Å²) in [6.45, 7) is 5.43. The van der Waals surface area contributed by atoms with Gasteiger partial charge >= 0.3 is 0 Å². The molecule has 2 aromatic carbocycles. The lowest BCUT2D eigenvalue weighted by molar-refractivity contribution is 0.621. The molecule has 3 rings (SSSR count). The second kappa shape index (κ2) is 6.35. The van der Waals surface area contributed by atoms with Crippen molar-refractivity contribution in [2.24, 2.45) is 10.9 Å². The van der Waals surface area contributed by atoms with Crippen LogP contribution in [-0.4, -0.2) is 17.0 Å². The van der Waals surface area contributed by atoms with E-state index in [-0.39, 0.29) is 0 Å². The van der Waals surface area contributed by atoms with Gasteiger partial charge in [0.05, 0.1) is 6.54 Å². The first-order valence-corrected chi connectivity index (χ1v) is 8.24. The number of nitrogens with one attached hydrogen (secondary N) is 1. The fraction of sp³-hybridized carbons (Fsp3) is 0.278. The molecular weight excluding hydrogens is 276 g/mol. The van der Waals surface area contributed by atoms with Crippen LogP contribution < -0.4 is 5.32 Å². The molecule has 1 N–H and O–H groups in total. The van der Waals surface area contributed by atoms with Crippen LogP contribution in [-0.2, 0) is 0 Å². The van der Waals surface area contributed by atoms with Crippen LogP contribution in [0.1, 0.15) is 13.8 Å². The van der Waals surface area contributed by atoms with Crippen LogP contribution in [0.2, 0.25) is 0 Å². The van der Waals surface area contributed by atoms with Gasteiger partial charge < -0.3 is 5.32 Å². The summed E-state index contributed by atoms with van der Waals surface area (Å²) in [6.07, 6.45) is 0. The van der Waals surface area contributed by atoms with Crippen molar-refractivity contribution in [1.29, 1.82) is 0 Å². The van der Waals surface area contributed by atoms with Crippen LogP contribution in [0.15, 0.2) is 59.6 Å². The maximum Gasteiger partial charge on any atom is 0.161 e. The van der Waals surface area contributed by atoms with Crippen molar-refractivity contribution < 1.29 is 0 Å². The summed E-state index contributed by atoms with van der Waals surface area (Å²) >= 11 is 1.85. The fourth-order valence-electron chi connectivity index (χ4n) is 2.31. The summed E-state index contributed by atoms with van der Waals surface area (Å²) in [7, 11) is 0. The fourth-order valence-corrected chi connectivity index (χ4v) is 3.34. The van der Waals surface area contributed by atoms with E-state index in [1.165, 1.54) is 11.1 Å². The van der Waals surface area contributed by atoms with E-state index >= 15 is 0 Å². The molecule has 3 heteroatoms. The Kier molecular flexibility index (Phi) is 4.30. The number of hydrogen-bond donors (Lipinski definition) is 1. The number of hydrogen-bond acceptors (Lipinski definition) is 3. The Hall–Kier alpha value is -1.74. The predicted octanol–water partition coefficient (Wildman–Crippen LogP) is 4.89. The van der Waals surface area contributed by atoms with Crippen LogP contribution in [0.4, 0.5) is 5.69 Å². The van der Waals surface area contributed by atoms with Crippen LogP contribution in [0.5, 0.6) is 0 Å². The van der Waals surface area contributed by atoms with E-state index in [2.05, 4.69) is 72.7 Å². The molecule has 0 amide bonds. The summed E-state index contributed by atoms with van der Waals surface area (Å²) < 4.78 is 0. The first-order valence-electron chi connectivity index (χ1n) is 7.36. The summed E-state index contributed by atoms with van der Waals surface area (Å²) in [5.41, 5.74) is 3.59. The third kappa shape index (κ3) is 3.48. The minimum Gasteiger partial charge on any atom is -0.335 e. The van der Waals surface area contributed by atoms with Gasteiger partial charge in [-0.05, 0) is 29.2 Å². The number of thioether (sulfide) groups is 1. The van der Waals surface area contributed by atoms with E-state index in [0.717, 1.165) is 17.4 Å². The number of amidine groups is 1. The van der Waals surface area contributed by atoms with Crippen molar-refractivity contribution in [2.75, 3.05) is 11.9 Å². The number of anilines is 1. The third-order valence-corrected chi connectivity index (χ3v) is 5.12. The molecule has 0 saturated carbocycles.